The minimum absolute atomic E-state index is 0.0149. The van der Waals surface area contributed by atoms with E-state index in [4.69, 9.17) is 9.47 Å². The molecule has 1 amide bonds. The number of aliphatic hydroxyl groups is 1. The van der Waals surface area contributed by atoms with E-state index in [0.29, 0.717) is 5.56 Å². The van der Waals surface area contributed by atoms with Crippen LogP contribution < -0.4 is 0 Å². The van der Waals surface area contributed by atoms with Gasteiger partial charge in [0.05, 0.1) is 24.8 Å². The Morgan fingerprint density at radius 1 is 1.19 bits per heavy atom. The number of hydrogen-bond acceptors (Lipinski definition) is 6. The predicted molar refractivity (Wildman–Crippen MR) is 117 cm³/mol. The Balaban J connectivity index is 2.09. The largest absolute Gasteiger partial charge is 0.444 e. The van der Waals surface area contributed by atoms with Crippen molar-refractivity contribution in [3.63, 3.8) is 0 Å². The average molecular weight is 452 g/mol. The van der Waals surface area contributed by atoms with Crippen LogP contribution in [0.15, 0.2) is 24.3 Å². The van der Waals surface area contributed by atoms with Gasteiger partial charge in [-0.2, -0.15) is 0 Å². The van der Waals surface area contributed by atoms with E-state index < -0.39 is 47.6 Å². The standard InChI is InChI=1S/C24H34FNO6/c1-14(21(29)16-7-9-17(25)10-8-16)11-20(28)15(2)22(31-6)19-12-18(27)13-26(19)23(30)32-24(3,4)5/h7-10,14-15,18-19,22,27H,11-13H2,1-6H3/t14-,15+,18+,19+,22-/m1/s1. The third-order valence-corrected chi connectivity index (χ3v) is 5.69. The van der Waals surface area contributed by atoms with Crippen LogP contribution in [0.1, 0.15) is 57.8 Å². The molecule has 0 radical (unpaired) electrons. The highest BCUT2D eigenvalue weighted by Crippen LogP contribution is 2.29. The molecule has 2 rings (SSSR count). The van der Waals surface area contributed by atoms with Gasteiger partial charge < -0.3 is 14.6 Å². The summed E-state index contributed by atoms with van der Waals surface area (Å²) >= 11 is 0. The highest BCUT2D eigenvalue weighted by Gasteiger charge is 2.44. The first-order valence-corrected chi connectivity index (χ1v) is 10.9. The fraction of sp³-hybridized carbons (Fsp3) is 0.625. The molecule has 8 heteroatoms. The Morgan fingerprint density at radius 2 is 1.78 bits per heavy atom. The van der Waals surface area contributed by atoms with Crippen molar-refractivity contribution in [2.45, 2.75) is 71.3 Å². The molecule has 1 aromatic carbocycles. The zero-order chi connectivity index (χ0) is 24.2. The number of aliphatic hydroxyl groups excluding tert-OH is 1. The lowest BCUT2D eigenvalue weighted by molar-refractivity contribution is -0.129. The van der Waals surface area contributed by atoms with Gasteiger partial charge in [0.2, 0.25) is 0 Å². The number of ether oxygens (including phenoxy) is 2. The van der Waals surface area contributed by atoms with Gasteiger partial charge in [-0.3, -0.25) is 14.5 Å². The zero-order valence-corrected chi connectivity index (χ0v) is 19.6. The van der Waals surface area contributed by atoms with Gasteiger partial charge in [0.25, 0.3) is 0 Å². The molecule has 0 aromatic heterocycles. The highest BCUT2D eigenvalue weighted by molar-refractivity contribution is 6.00. The second-order valence-electron chi connectivity index (χ2n) is 9.52. The van der Waals surface area contributed by atoms with Gasteiger partial charge in [0, 0.05) is 30.9 Å². The molecule has 1 heterocycles. The van der Waals surface area contributed by atoms with Crippen molar-refractivity contribution < 1.29 is 33.4 Å². The second-order valence-corrected chi connectivity index (χ2v) is 9.52. The first kappa shape index (κ1) is 25.9. The second kappa shape index (κ2) is 10.5. The Morgan fingerprint density at radius 3 is 2.31 bits per heavy atom. The lowest BCUT2D eigenvalue weighted by Crippen LogP contribution is -2.49. The summed E-state index contributed by atoms with van der Waals surface area (Å²) in [5.41, 5.74) is -0.354. The molecule has 1 N–H and O–H groups in total. The van der Waals surface area contributed by atoms with Crippen LogP contribution in [0.5, 0.6) is 0 Å². The molecule has 0 aliphatic carbocycles. The van der Waals surface area contributed by atoms with Crippen LogP contribution in [-0.4, -0.2) is 65.2 Å². The summed E-state index contributed by atoms with van der Waals surface area (Å²) < 4.78 is 24.2. The summed E-state index contributed by atoms with van der Waals surface area (Å²) in [7, 11) is 1.46. The molecule has 1 saturated heterocycles. The monoisotopic (exact) mass is 451 g/mol. The van der Waals surface area contributed by atoms with Crippen molar-refractivity contribution in [3.05, 3.63) is 35.6 Å². The normalized spacial score (nSPS) is 21.7. The van der Waals surface area contributed by atoms with Gasteiger partial charge in [0.1, 0.15) is 17.2 Å². The molecule has 1 aromatic rings. The van der Waals surface area contributed by atoms with Crippen LogP contribution in [0.25, 0.3) is 0 Å². The van der Waals surface area contributed by atoms with Gasteiger partial charge >= 0.3 is 6.09 Å². The smallest absolute Gasteiger partial charge is 0.410 e. The molecule has 1 fully saturated rings. The average Bonchev–Trinajstić information content (AvgIpc) is 3.08. The number of benzene rings is 1. The van der Waals surface area contributed by atoms with Crippen LogP contribution in [0.2, 0.25) is 0 Å². The molecule has 0 spiro atoms. The summed E-state index contributed by atoms with van der Waals surface area (Å²) in [6.45, 7) is 8.72. The number of carbonyl (C=O) groups excluding carboxylic acids is 3. The Bertz CT molecular complexity index is 819. The minimum atomic E-state index is -0.744. The number of likely N-dealkylation sites (tertiary alicyclic amines) is 1. The zero-order valence-electron chi connectivity index (χ0n) is 19.6. The van der Waals surface area contributed by atoms with E-state index in [9.17, 15) is 23.9 Å². The van der Waals surface area contributed by atoms with Crippen molar-refractivity contribution >= 4 is 17.7 Å². The van der Waals surface area contributed by atoms with Gasteiger partial charge in [0.15, 0.2) is 5.78 Å². The maximum atomic E-state index is 13.1. The number of β-amino-alcohol motifs (C(OH)–C–C–N with tert-alkyl or cyclic N) is 1. The molecular weight excluding hydrogens is 417 g/mol. The number of carbonyl (C=O) groups is 3. The quantitative estimate of drug-likeness (QED) is 0.607. The number of hydrogen-bond donors (Lipinski definition) is 1. The van der Waals surface area contributed by atoms with Gasteiger partial charge in [-0.05, 0) is 51.5 Å². The number of halogens is 1. The van der Waals surface area contributed by atoms with Crippen molar-refractivity contribution in [3.8, 4) is 0 Å². The lowest BCUT2D eigenvalue weighted by atomic mass is 9.86. The molecule has 178 valence electrons. The Hall–Kier alpha value is -2.32. The number of ketones is 2. The molecular formula is C24H34FNO6. The number of amides is 1. The van der Waals surface area contributed by atoms with E-state index in [1.165, 1.54) is 36.3 Å². The van der Waals surface area contributed by atoms with E-state index in [1.807, 2.05) is 0 Å². The third-order valence-electron chi connectivity index (χ3n) is 5.69. The maximum Gasteiger partial charge on any atom is 0.410 e. The lowest BCUT2D eigenvalue weighted by Gasteiger charge is -2.34. The summed E-state index contributed by atoms with van der Waals surface area (Å²) in [5.74, 6) is -2.08. The van der Waals surface area contributed by atoms with E-state index >= 15 is 0 Å². The summed E-state index contributed by atoms with van der Waals surface area (Å²) in [4.78, 5) is 39.7. The first-order chi connectivity index (χ1) is 14.8. The number of Topliss-reactive ketones (excluding diaryl/α,β-unsaturated/α-hetero) is 2. The number of nitrogens with zero attached hydrogens (tertiary/aromatic N) is 1. The summed E-state index contributed by atoms with van der Waals surface area (Å²) in [5, 5.41) is 10.2. The summed E-state index contributed by atoms with van der Waals surface area (Å²) in [6, 6.07) is 4.69. The number of methoxy groups -OCH3 is 1. The molecule has 1 aliphatic rings. The highest BCUT2D eigenvalue weighted by atomic mass is 19.1. The van der Waals surface area contributed by atoms with Gasteiger partial charge in [-0.25, -0.2) is 9.18 Å². The molecule has 0 unspecified atom stereocenters. The van der Waals surface area contributed by atoms with Crippen molar-refractivity contribution in [1.82, 2.24) is 4.90 Å². The molecule has 0 bridgehead atoms. The van der Waals surface area contributed by atoms with E-state index in [1.54, 1.807) is 34.6 Å². The van der Waals surface area contributed by atoms with E-state index in [-0.39, 0.29) is 31.0 Å². The third kappa shape index (κ3) is 6.59. The van der Waals surface area contributed by atoms with Crippen LogP contribution in [0, 0.1) is 17.7 Å². The predicted octanol–water partition coefficient (Wildman–Crippen LogP) is 3.63. The van der Waals surface area contributed by atoms with Crippen LogP contribution >= 0.6 is 0 Å². The fourth-order valence-electron chi connectivity index (χ4n) is 4.04. The molecule has 0 saturated carbocycles. The van der Waals surface area contributed by atoms with Crippen molar-refractivity contribution in [2.24, 2.45) is 11.8 Å². The van der Waals surface area contributed by atoms with Gasteiger partial charge in [-0.1, -0.05) is 13.8 Å². The van der Waals surface area contributed by atoms with Crippen LogP contribution in [-0.2, 0) is 14.3 Å². The maximum absolute atomic E-state index is 13.1. The Labute approximate surface area is 188 Å². The van der Waals surface area contributed by atoms with Crippen molar-refractivity contribution in [1.29, 1.82) is 0 Å². The first-order valence-electron chi connectivity index (χ1n) is 10.9. The van der Waals surface area contributed by atoms with Crippen LogP contribution in [0.4, 0.5) is 9.18 Å². The van der Waals surface area contributed by atoms with E-state index in [2.05, 4.69) is 0 Å². The molecule has 7 nitrogen and oxygen atoms in total. The fourth-order valence-corrected chi connectivity index (χ4v) is 4.04. The SMILES string of the molecule is CO[C@H]([C@@H](C)C(=O)C[C@@H](C)C(=O)c1ccc(F)cc1)[C@@H]1C[C@H](O)CN1C(=O)OC(C)(C)C. The topological polar surface area (TPSA) is 93.1 Å². The van der Waals surface area contributed by atoms with Crippen molar-refractivity contribution in [2.75, 3.05) is 13.7 Å². The number of rotatable bonds is 8. The summed E-state index contributed by atoms with van der Waals surface area (Å²) in [6.07, 6.45) is -1.73. The molecule has 1 aliphatic heterocycles. The minimum Gasteiger partial charge on any atom is -0.444 e. The van der Waals surface area contributed by atoms with Gasteiger partial charge in [-0.15, -0.1) is 0 Å². The Kier molecular flexibility index (Phi) is 8.54. The van der Waals surface area contributed by atoms with Crippen LogP contribution in [0.3, 0.4) is 0 Å². The molecule has 32 heavy (non-hydrogen) atoms. The van der Waals surface area contributed by atoms with E-state index in [0.717, 1.165) is 0 Å². The molecule has 5 atom stereocenters.